The summed E-state index contributed by atoms with van der Waals surface area (Å²) >= 11 is 0. The lowest BCUT2D eigenvalue weighted by Crippen LogP contribution is -2.47. The number of nitrogens with one attached hydrogen (secondary N) is 2. The molecule has 1 heterocycles. The molecular formula is C19H32N4O2. The van der Waals surface area contributed by atoms with Crippen molar-refractivity contribution >= 4 is 5.96 Å². The maximum atomic E-state index is 5.44. The van der Waals surface area contributed by atoms with Gasteiger partial charge in [0, 0.05) is 38.8 Å². The standard InChI is InChI=1S/C19H32N4O2/c1-19(2,3)22-9-8-21-18(20-4)23-10-7-14-11-16(24-5)17(25-6)12-15(14)13-23/h11-12,22H,7-10,13H2,1-6H3,(H,20,21). The van der Waals surface area contributed by atoms with Crippen LogP contribution in [-0.4, -0.2) is 57.3 Å². The van der Waals surface area contributed by atoms with Gasteiger partial charge in [0.15, 0.2) is 17.5 Å². The molecule has 0 aromatic heterocycles. The highest BCUT2D eigenvalue weighted by atomic mass is 16.5. The van der Waals surface area contributed by atoms with Crippen molar-refractivity contribution in [3.05, 3.63) is 23.3 Å². The van der Waals surface area contributed by atoms with E-state index in [-0.39, 0.29) is 5.54 Å². The lowest BCUT2D eigenvalue weighted by atomic mass is 9.99. The van der Waals surface area contributed by atoms with Gasteiger partial charge in [-0.15, -0.1) is 0 Å². The number of rotatable bonds is 5. The Morgan fingerprint density at radius 3 is 2.32 bits per heavy atom. The first-order valence-electron chi connectivity index (χ1n) is 8.82. The van der Waals surface area contributed by atoms with Gasteiger partial charge in [0.1, 0.15) is 0 Å². The fraction of sp³-hybridized carbons (Fsp3) is 0.632. The molecule has 1 aromatic carbocycles. The zero-order valence-corrected chi connectivity index (χ0v) is 16.4. The first-order valence-corrected chi connectivity index (χ1v) is 8.82. The van der Waals surface area contributed by atoms with Crippen molar-refractivity contribution in [3.8, 4) is 11.5 Å². The predicted molar refractivity (Wildman–Crippen MR) is 103 cm³/mol. The van der Waals surface area contributed by atoms with E-state index in [9.17, 15) is 0 Å². The third-order valence-electron chi connectivity index (χ3n) is 4.29. The molecule has 6 heteroatoms. The molecule has 0 spiro atoms. The Morgan fingerprint density at radius 2 is 1.76 bits per heavy atom. The number of methoxy groups -OCH3 is 2. The van der Waals surface area contributed by atoms with E-state index in [0.29, 0.717) is 0 Å². The first-order chi connectivity index (χ1) is 11.9. The van der Waals surface area contributed by atoms with Crippen LogP contribution in [0.4, 0.5) is 0 Å². The van der Waals surface area contributed by atoms with E-state index in [1.807, 2.05) is 7.05 Å². The minimum absolute atomic E-state index is 0.130. The SMILES string of the molecule is CN=C(NCCNC(C)(C)C)N1CCc2cc(OC)c(OC)cc2C1. The van der Waals surface area contributed by atoms with Gasteiger partial charge < -0.3 is 25.0 Å². The second-order valence-corrected chi connectivity index (χ2v) is 7.30. The molecule has 1 aliphatic rings. The second kappa shape index (κ2) is 8.43. The van der Waals surface area contributed by atoms with E-state index in [4.69, 9.17) is 9.47 Å². The average molecular weight is 348 g/mol. The van der Waals surface area contributed by atoms with Gasteiger partial charge in [-0.05, 0) is 50.5 Å². The number of fused-ring (bicyclic) bond motifs is 1. The molecule has 0 aliphatic carbocycles. The summed E-state index contributed by atoms with van der Waals surface area (Å²) in [6, 6.07) is 4.17. The zero-order chi connectivity index (χ0) is 18.4. The topological polar surface area (TPSA) is 58.1 Å². The summed E-state index contributed by atoms with van der Waals surface area (Å²) in [6.45, 7) is 10.0. The van der Waals surface area contributed by atoms with Gasteiger partial charge in [-0.2, -0.15) is 0 Å². The summed E-state index contributed by atoms with van der Waals surface area (Å²) in [5.41, 5.74) is 2.71. The molecular weight excluding hydrogens is 316 g/mol. The van der Waals surface area contributed by atoms with Crippen LogP contribution < -0.4 is 20.1 Å². The van der Waals surface area contributed by atoms with Crippen molar-refractivity contribution in [2.75, 3.05) is 40.9 Å². The van der Waals surface area contributed by atoms with Gasteiger partial charge in [0.25, 0.3) is 0 Å². The molecule has 0 saturated carbocycles. The van der Waals surface area contributed by atoms with E-state index in [2.05, 4.69) is 53.4 Å². The molecule has 140 valence electrons. The lowest BCUT2D eigenvalue weighted by Gasteiger charge is -2.32. The van der Waals surface area contributed by atoms with Crippen LogP contribution in [0.1, 0.15) is 31.9 Å². The van der Waals surface area contributed by atoms with E-state index in [1.54, 1.807) is 14.2 Å². The summed E-state index contributed by atoms with van der Waals surface area (Å²) in [5, 5.41) is 6.93. The molecule has 0 bridgehead atoms. The summed E-state index contributed by atoms with van der Waals surface area (Å²) < 4.78 is 10.8. The number of hydrogen-bond donors (Lipinski definition) is 2. The smallest absolute Gasteiger partial charge is 0.194 e. The lowest BCUT2D eigenvalue weighted by molar-refractivity contribution is 0.345. The largest absolute Gasteiger partial charge is 0.493 e. The fourth-order valence-corrected chi connectivity index (χ4v) is 3.01. The molecule has 0 radical (unpaired) electrons. The Bertz CT molecular complexity index is 608. The van der Waals surface area contributed by atoms with Gasteiger partial charge in [-0.1, -0.05) is 0 Å². The van der Waals surface area contributed by atoms with Gasteiger partial charge in [0.2, 0.25) is 0 Å². The monoisotopic (exact) mass is 348 g/mol. The Kier molecular flexibility index (Phi) is 6.53. The van der Waals surface area contributed by atoms with E-state index >= 15 is 0 Å². The summed E-state index contributed by atoms with van der Waals surface area (Å²) in [6.07, 6.45) is 0.969. The number of benzene rings is 1. The van der Waals surface area contributed by atoms with Crippen LogP contribution in [0.25, 0.3) is 0 Å². The summed E-state index contributed by atoms with van der Waals surface area (Å²) in [5.74, 6) is 2.52. The Balaban J connectivity index is 2.00. The maximum absolute atomic E-state index is 5.44. The van der Waals surface area contributed by atoms with Gasteiger partial charge in [-0.3, -0.25) is 4.99 Å². The Morgan fingerprint density at radius 1 is 1.12 bits per heavy atom. The van der Waals surface area contributed by atoms with Crippen LogP contribution in [0.2, 0.25) is 0 Å². The van der Waals surface area contributed by atoms with Gasteiger partial charge in [-0.25, -0.2) is 0 Å². The van der Waals surface area contributed by atoms with Crippen LogP contribution in [0, 0.1) is 0 Å². The number of nitrogens with zero attached hydrogens (tertiary/aromatic N) is 2. The van der Waals surface area contributed by atoms with Crippen LogP contribution in [0.15, 0.2) is 17.1 Å². The van der Waals surface area contributed by atoms with Crippen molar-refractivity contribution in [1.82, 2.24) is 15.5 Å². The van der Waals surface area contributed by atoms with Gasteiger partial charge >= 0.3 is 0 Å². The molecule has 2 N–H and O–H groups in total. The highest BCUT2D eigenvalue weighted by molar-refractivity contribution is 5.80. The van der Waals surface area contributed by atoms with Gasteiger partial charge in [0.05, 0.1) is 14.2 Å². The minimum Gasteiger partial charge on any atom is -0.493 e. The van der Waals surface area contributed by atoms with Crippen molar-refractivity contribution < 1.29 is 9.47 Å². The van der Waals surface area contributed by atoms with E-state index in [0.717, 1.165) is 50.1 Å². The molecule has 1 aromatic rings. The normalized spacial score (nSPS) is 15.0. The Labute approximate surface area is 151 Å². The first kappa shape index (κ1) is 19.4. The molecule has 0 unspecified atom stereocenters. The molecule has 0 saturated heterocycles. The Hall–Kier alpha value is -1.95. The van der Waals surface area contributed by atoms with Crippen LogP contribution in [0.3, 0.4) is 0 Å². The highest BCUT2D eigenvalue weighted by Crippen LogP contribution is 2.33. The number of aliphatic imine (C=N–C) groups is 1. The van der Waals surface area contributed by atoms with Crippen LogP contribution in [-0.2, 0) is 13.0 Å². The third-order valence-corrected chi connectivity index (χ3v) is 4.29. The van der Waals surface area contributed by atoms with Crippen LogP contribution in [0.5, 0.6) is 11.5 Å². The predicted octanol–water partition coefficient (Wildman–Crippen LogP) is 2.03. The van der Waals surface area contributed by atoms with Crippen molar-refractivity contribution in [1.29, 1.82) is 0 Å². The minimum atomic E-state index is 0.130. The molecule has 2 rings (SSSR count). The molecule has 0 amide bonds. The molecule has 0 atom stereocenters. The quantitative estimate of drug-likeness (QED) is 0.484. The van der Waals surface area contributed by atoms with Crippen molar-refractivity contribution in [3.63, 3.8) is 0 Å². The summed E-state index contributed by atoms with van der Waals surface area (Å²) in [7, 11) is 5.19. The van der Waals surface area contributed by atoms with Crippen molar-refractivity contribution in [2.24, 2.45) is 4.99 Å². The van der Waals surface area contributed by atoms with E-state index in [1.165, 1.54) is 11.1 Å². The van der Waals surface area contributed by atoms with E-state index < -0.39 is 0 Å². The zero-order valence-electron chi connectivity index (χ0n) is 16.4. The molecule has 25 heavy (non-hydrogen) atoms. The number of guanidine groups is 1. The number of ether oxygens (including phenoxy) is 2. The molecule has 6 nitrogen and oxygen atoms in total. The average Bonchev–Trinajstić information content (AvgIpc) is 2.59. The van der Waals surface area contributed by atoms with Crippen LogP contribution >= 0.6 is 0 Å². The molecule has 1 aliphatic heterocycles. The highest BCUT2D eigenvalue weighted by Gasteiger charge is 2.21. The van der Waals surface area contributed by atoms with Crippen molar-refractivity contribution in [2.45, 2.75) is 39.3 Å². The third kappa shape index (κ3) is 5.26. The summed E-state index contributed by atoms with van der Waals surface area (Å²) in [4.78, 5) is 6.73. The fourth-order valence-electron chi connectivity index (χ4n) is 3.01. The second-order valence-electron chi connectivity index (χ2n) is 7.30. The number of hydrogen-bond acceptors (Lipinski definition) is 4. The maximum Gasteiger partial charge on any atom is 0.194 e. The molecule has 0 fully saturated rings.